The Labute approximate surface area is 78.5 Å². The molecule has 0 saturated carbocycles. The van der Waals surface area contributed by atoms with E-state index in [-0.39, 0.29) is 5.69 Å². The Balaban J connectivity index is 2.33. The zero-order valence-electron chi connectivity index (χ0n) is 7.36. The lowest BCUT2D eigenvalue weighted by Gasteiger charge is -2.14. The first-order valence-electron chi connectivity index (χ1n) is 4.38. The second kappa shape index (κ2) is 2.98. The van der Waals surface area contributed by atoms with E-state index < -0.39 is 12.2 Å². The number of nitrogens with zero attached hydrogens (tertiary/aromatic N) is 1. The van der Waals surface area contributed by atoms with Crippen LogP contribution >= 0.6 is 0 Å². The van der Waals surface area contributed by atoms with Crippen molar-refractivity contribution in [2.75, 3.05) is 0 Å². The number of alkyl halides is 3. The van der Waals surface area contributed by atoms with Gasteiger partial charge in [0.15, 0.2) is 0 Å². The van der Waals surface area contributed by atoms with Gasteiger partial charge in [-0.1, -0.05) is 0 Å². The molecule has 14 heavy (non-hydrogen) atoms. The van der Waals surface area contributed by atoms with Gasteiger partial charge in [-0.2, -0.15) is 18.3 Å². The molecular formula is C8H10F3N3. The Bertz CT molecular complexity index is 342. The molecule has 3 nitrogen and oxygen atoms in total. The number of nitrogens with two attached hydrogens (primary N) is 1. The molecule has 1 aromatic rings. The van der Waals surface area contributed by atoms with Gasteiger partial charge in [-0.3, -0.25) is 5.10 Å². The molecule has 0 aliphatic heterocycles. The number of H-pyrrole nitrogens is 1. The van der Waals surface area contributed by atoms with E-state index in [0.29, 0.717) is 12.0 Å². The second-order valence-electron chi connectivity index (χ2n) is 3.44. The maximum Gasteiger partial charge on any atom is 0.409 e. The summed E-state index contributed by atoms with van der Waals surface area (Å²) in [6, 6.07) is -1.96. The van der Waals surface area contributed by atoms with Gasteiger partial charge in [0.05, 0.1) is 5.69 Å². The number of nitrogens with one attached hydrogen (secondary N) is 1. The maximum absolute atomic E-state index is 12.3. The lowest BCUT2D eigenvalue weighted by molar-refractivity contribution is -0.150. The van der Waals surface area contributed by atoms with Crippen LogP contribution in [-0.2, 0) is 12.8 Å². The monoisotopic (exact) mass is 205 g/mol. The third-order valence-electron chi connectivity index (χ3n) is 2.49. The highest BCUT2D eigenvalue weighted by Gasteiger charge is 2.41. The van der Waals surface area contributed by atoms with Crippen LogP contribution in [0.15, 0.2) is 0 Å². The molecule has 1 aliphatic carbocycles. The highest BCUT2D eigenvalue weighted by atomic mass is 19.4. The number of aromatic amines is 1. The molecule has 0 amide bonds. The zero-order chi connectivity index (χ0) is 10.3. The van der Waals surface area contributed by atoms with E-state index >= 15 is 0 Å². The summed E-state index contributed by atoms with van der Waals surface area (Å²) in [6.45, 7) is 0. The van der Waals surface area contributed by atoms with Crippen LogP contribution in [0.2, 0.25) is 0 Å². The third-order valence-corrected chi connectivity index (χ3v) is 2.49. The minimum absolute atomic E-state index is 0.0370. The van der Waals surface area contributed by atoms with Gasteiger partial charge in [0, 0.05) is 5.69 Å². The Morgan fingerprint density at radius 3 is 2.71 bits per heavy atom. The van der Waals surface area contributed by atoms with Crippen LogP contribution in [-0.4, -0.2) is 16.4 Å². The van der Waals surface area contributed by atoms with Crippen molar-refractivity contribution in [2.45, 2.75) is 31.5 Å². The SMILES string of the molecule is NC(c1n[nH]c2c1CCC2)C(F)(F)F. The van der Waals surface area contributed by atoms with Crippen molar-refractivity contribution >= 4 is 0 Å². The first-order valence-corrected chi connectivity index (χ1v) is 4.38. The summed E-state index contributed by atoms with van der Waals surface area (Å²) in [5.41, 5.74) is 6.51. The van der Waals surface area contributed by atoms with E-state index in [9.17, 15) is 13.2 Å². The Morgan fingerprint density at radius 2 is 2.07 bits per heavy atom. The number of hydrogen-bond donors (Lipinski definition) is 2. The summed E-state index contributed by atoms with van der Waals surface area (Å²) in [7, 11) is 0. The van der Waals surface area contributed by atoms with Gasteiger partial charge in [0.1, 0.15) is 6.04 Å². The first-order chi connectivity index (χ1) is 6.50. The lowest BCUT2D eigenvalue weighted by atomic mass is 10.1. The van der Waals surface area contributed by atoms with Gasteiger partial charge in [-0.25, -0.2) is 0 Å². The van der Waals surface area contributed by atoms with E-state index in [1.165, 1.54) is 0 Å². The molecule has 1 aromatic heterocycles. The minimum Gasteiger partial charge on any atom is -0.315 e. The maximum atomic E-state index is 12.3. The van der Waals surface area contributed by atoms with Crippen LogP contribution in [0.4, 0.5) is 13.2 Å². The number of aryl methyl sites for hydroxylation is 1. The van der Waals surface area contributed by atoms with Gasteiger partial charge in [0.2, 0.25) is 0 Å². The first kappa shape index (κ1) is 9.51. The van der Waals surface area contributed by atoms with Crippen molar-refractivity contribution in [1.29, 1.82) is 0 Å². The van der Waals surface area contributed by atoms with Gasteiger partial charge in [-0.05, 0) is 24.8 Å². The summed E-state index contributed by atoms with van der Waals surface area (Å²) >= 11 is 0. The molecule has 6 heteroatoms. The molecule has 0 bridgehead atoms. The fourth-order valence-electron chi connectivity index (χ4n) is 1.76. The number of halogens is 3. The zero-order valence-corrected chi connectivity index (χ0v) is 7.36. The quantitative estimate of drug-likeness (QED) is 0.729. The van der Waals surface area contributed by atoms with Gasteiger partial charge in [-0.15, -0.1) is 0 Å². The van der Waals surface area contributed by atoms with Gasteiger partial charge < -0.3 is 5.73 Å². The summed E-state index contributed by atoms with van der Waals surface area (Å²) in [5, 5.41) is 6.24. The fraction of sp³-hybridized carbons (Fsp3) is 0.625. The molecule has 0 radical (unpaired) electrons. The van der Waals surface area contributed by atoms with E-state index in [2.05, 4.69) is 10.2 Å². The standard InChI is InChI=1S/C8H10F3N3/c9-8(10,11)7(12)6-4-2-1-3-5(4)13-14-6/h7H,1-3,12H2,(H,13,14). The Kier molecular flexibility index (Phi) is 2.02. The van der Waals surface area contributed by atoms with Crippen molar-refractivity contribution in [3.63, 3.8) is 0 Å². The molecular weight excluding hydrogens is 195 g/mol. The van der Waals surface area contributed by atoms with Gasteiger partial charge in [0.25, 0.3) is 0 Å². The highest BCUT2D eigenvalue weighted by molar-refractivity contribution is 5.32. The van der Waals surface area contributed by atoms with Crippen LogP contribution in [0.3, 0.4) is 0 Å². The molecule has 1 heterocycles. The normalized spacial score (nSPS) is 18.3. The topological polar surface area (TPSA) is 54.7 Å². The van der Waals surface area contributed by atoms with Crippen molar-refractivity contribution in [1.82, 2.24) is 10.2 Å². The predicted octanol–water partition coefficient (Wildman–Crippen LogP) is 1.46. The average molecular weight is 205 g/mol. The molecule has 1 atom stereocenters. The highest BCUT2D eigenvalue weighted by Crippen LogP contribution is 2.34. The van der Waals surface area contributed by atoms with E-state index in [1.807, 2.05) is 0 Å². The molecule has 0 saturated heterocycles. The summed E-state index contributed by atoms with van der Waals surface area (Å²) in [4.78, 5) is 0. The molecule has 2 rings (SSSR count). The summed E-state index contributed by atoms with van der Waals surface area (Å²) < 4.78 is 36.9. The molecule has 0 fully saturated rings. The molecule has 78 valence electrons. The Morgan fingerprint density at radius 1 is 1.36 bits per heavy atom. The van der Waals surface area contributed by atoms with Crippen molar-refractivity contribution in [3.8, 4) is 0 Å². The Hall–Kier alpha value is -1.04. The molecule has 0 spiro atoms. The number of hydrogen-bond acceptors (Lipinski definition) is 2. The summed E-state index contributed by atoms with van der Waals surface area (Å²) in [5.74, 6) is 0. The lowest BCUT2D eigenvalue weighted by Crippen LogP contribution is -2.29. The van der Waals surface area contributed by atoms with Crippen LogP contribution < -0.4 is 5.73 Å². The van der Waals surface area contributed by atoms with E-state index in [0.717, 1.165) is 18.5 Å². The van der Waals surface area contributed by atoms with Crippen LogP contribution in [0.1, 0.15) is 29.4 Å². The summed E-state index contributed by atoms with van der Waals surface area (Å²) in [6.07, 6.45) is -2.12. The number of rotatable bonds is 1. The smallest absolute Gasteiger partial charge is 0.315 e. The molecule has 0 aromatic carbocycles. The average Bonchev–Trinajstić information content (AvgIpc) is 2.59. The van der Waals surface area contributed by atoms with Crippen molar-refractivity contribution < 1.29 is 13.2 Å². The van der Waals surface area contributed by atoms with Crippen LogP contribution in [0.5, 0.6) is 0 Å². The van der Waals surface area contributed by atoms with Crippen LogP contribution in [0, 0.1) is 0 Å². The van der Waals surface area contributed by atoms with Crippen LogP contribution in [0.25, 0.3) is 0 Å². The third kappa shape index (κ3) is 1.39. The predicted molar refractivity (Wildman–Crippen MR) is 43.6 cm³/mol. The van der Waals surface area contributed by atoms with Crippen molar-refractivity contribution in [3.05, 3.63) is 17.0 Å². The largest absolute Gasteiger partial charge is 0.409 e. The van der Waals surface area contributed by atoms with E-state index in [1.54, 1.807) is 0 Å². The molecule has 1 aliphatic rings. The minimum atomic E-state index is -4.41. The van der Waals surface area contributed by atoms with E-state index in [4.69, 9.17) is 5.73 Å². The number of aromatic nitrogens is 2. The second-order valence-corrected chi connectivity index (χ2v) is 3.44. The fourth-order valence-corrected chi connectivity index (χ4v) is 1.76. The van der Waals surface area contributed by atoms with Crippen molar-refractivity contribution in [2.24, 2.45) is 5.73 Å². The van der Waals surface area contributed by atoms with Gasteiger partial charge >= 0.3 is 6.18 Å². The number of fused-ring (bicyclic) bond motifs is 1. The molecule has 3 N–H and O–H groups in total. The molecule has 1 unspecified atom stereocenters.